The van der Waals surface area contributed by atoms with Crippen molar-refractivity contribution in [3.05, 3.63) is 188 Å². The van der Waals surface area contributed by atoms with Gasteiger partial charge in [-0.15, -0.1) is 0 Å². The molecular weight excluding hydrogens is 667 g/mol. The van der Waals surface area contributed by atoms with Crippen molar-refractivity contribution in [2.24, 2.45) is 0 Å². The van der Waals surface area contributed by atoms with E-state index in [1.165, 1.54) is 81.2 Å². The van der Waals surface area contributed by atoms with Gasteiger partial charge in [0.1, 0.15) is 0 Å². The Morgan fingerprint density at radius 2 is 0.709 bits per heavy atom. The molecule has 254 valence electrons. The number of hydrogen-bond acceptors (Lipinski definition) is 2. The highest BCUT2D eigenvalue weighted by Crippen LogP contribution is 2.41. The molecule has 0 fully saturated rings. The lowest BCUT2D eigenvalue weighted by atomic mass is 9.90. The Bertz CT molecular complexity index is 3410. The van der Waals surface area contributed by atoms with E-state index in [1.54, 1.807) is 0 Å². The maximum absolute atomic E-state index is 4.38. The van der Waals surface area contributed by atoms with Crippen molar-refractivity contribution in [2.75, 3.05) is 0 Å². The van der Waals surface area contributed by atoms with Crippen LogP contribution in [-0.4, -0.2) is 14.8 Å². The van der Waals surface area contributed by atoms with Crippen LogP contribution in [0, 0.1) is 0 Å². The molecule has 0 bridgehead atoms. The van der Waals surface area contributed by atoms with Crippen LogP contribution in [0.5, 0.6) is 0 Å². The van der Waals surface area contributed by atoms with Gasteiger partial charge in [-0.05, 0) is 119 Å². The Labute approximate surface area is 316 Å². The van der Waals surface area contributed by atoms with Crippen LogP contribution in [0.4, 0.5) is 0 Å². The Morgan fingerprint density at radius 1 is 0.291 bits per heavy atom. The Kier molecular flexibility index (Phi) is 6.34. The third-order valence-corrected chi connectivity index (χ3v) is 11.7. The smallest absolute Gasteiger partial charge is 0.0581 e. The van der Waals surface area contributed by atoms with Gasteiger partial charge in [-0.1, -0.05) is 133 Å². The van der Waals surface area contributed by atoms with E-state index < -0.39 is 0 Å². The lowest BCUT2D eigenvalue weighted by Crippen LogP contribution is -1.94. The zero-order chi connectivity index (χ0) is 36.0. The standard InChI is InChI=1S/C52H31N3/c1-3-11-35-28-51-47(25-33(35)9-1)48-26-34-10-2-4-12-36(34)29-52(48)55(51)38-20-17-32(18-21-38)39-23-24-40(50-31-54-53-30-49(39)50)37-19-22-45-43-15-6-5-13-41(43)42-14-7-8-16-44(42)46(45)27-37/h1-31H. The molecule has 3 nitrogen and oxygen atoms in total. The molecule has 0 radical (unpaired) electrons. The van der Waals surface area contributed by atoms with Gasteiger partial charge in [0, 0.05) is 27.2 Å². The van der Waals surface area contributed by atoms with E-state index in [4.69, 9.17) is 0 Å². The normalized spacial score (nSPS) is 12.0. The summed E-state index contributed by atoms with van der Waals surface area (Å²) in [6.45, 7) is 0. The summed E-state index contributed by atoms with van der Waals surface area (Å²) in [4.78, 5) is 0. The number of benzene rings is 10. The number of rotatable bonds is 3. The fraction of sp³-hybridized carbons (Fsp3) is 0. The van der Waals surface area contributed by atoms with Crippen LogP contribution in [0.2, 0.25) is 0 Å². The van der Waals surface area contributed by atoms with E-state index in [0.29, 0.717) is 0 Å². The number of hydrogen-bond donors (Lipinski definition) is 0. The second-order valence-corrected chi connectivity index (χ2v) is 14.6. The maximum atomic E-state index is 4.38. The SMILES string of the molecule is c1ccc2cc3c(cc2c1)c1cc2ccccc2cc1n3-c1ccc(-c2ccc(-c3ccc4c5ccccc5c5ccccc5c4c3)c3cnncc23)cc1. The second kappa shape index (κ2) is 11.6. The van der Waals surface area contributed by atoms with Crippen LogP contribution < -0.4 is 0 Å². The first-order chi connectivity index (χ1) is 27.3. The largest absolute Gasteiger partial charge is 0.309 e. The molecule has 0 spiro atoms. The number of fused-ring (bicyclic) bond motifs is 12. The zero-order valence-corrected chi connectivity index (χ0v) is 29.7. The predicted molar refractivity (Wildman–Crippen MR) is 232 cm³/mol. The zero-order valence-electron chi connectivity index (χ0n) is 29.7. The van der Waals surface area contributed by atoms with Crippen molar-refractivity contribution in [1.82, 2.24) is 14.8 Å². The van der Waals surface area contributed by atoms with Crippen molar-refractivity contribution in [3.63, 3.8) is 0 Å². The van der Waals surface area contributed by atoms with Crippen LogP contribution in [0.25, 0.3) is 114 Å². The van der Waals surface area contributed by atoms with Crippen molar-refractivity contribution in [2.45, 2.75) is 0 Å². The summed E-state index contributed by atoms with van der Waals surface area (Å²) in [5.74, 6) is 0. The minimum Gasteiger partial charge on any atom is -0.309 e. The average Bonchev–Trinajstić information content (AvgIpc) is 3.56. The molecule has 2 aromatic heterocycles. The highest BCUT2D eigenvalue weighted by atomic mass is 15.1. The molecular formula is C52H31N3. The summed E-state index contributed by atoms with van der Waals surface area (Å²) in [5, 5.41) is 26.1. The Hall–Kier alpha value is -7.36. The molecule has 0 amide bonds. The first kappa shape index (κ1) is 30.1. The first-order valence-corrected chi connectivity index (χ1v) is 18.8. The molecule has 55 heavy (non-hydrogen) atoms. The van der Waals surface area contributed by atoms with Gasteiger partial charge in [-0.2, -0.15) is 10.2 Å². The van der Waals surface area contributed by atoms with Gasteiger partial charge in [-0.25, -0.2) is 0 Å². The van der Waals surface area contributed by atoms with Gasteiger partial charge in [0.2, 0.25) is 0 Å². The lowest BCUT2D eigenvalue weighted by Gasteiger charge is -2.15. The summed E-state index contributed by atoms with van der Waals surface area (Å²) in [6.07, 6.45) is 3.83. The lowest BCUT2D eigenvalue weighted by molar-refractivity contribution is 1.05. The number of nitrogens with zero attached hydrogens (tertiary/aromatic N) is 3. The summed E-state index contributed by atoms with van der Waals surface area (Å²) in [7, 11) is 0. The van der Waals surface area contributed by atoms with Crippen molar-refractivity contribution in [1.29, 1.82) is 0 Å². The van der Waals surface area contributed by atoms with Crippen molar-refractivity contribution < 1.29 is 0 Å². The average molecular weight is 698 g/mol. The third kappa shape index (κ3) is 4.50. The first-order valence-electron chi connectivity index (χ1n) is 18.8. The van der Waals surface area contributed by atoms with Gasteiger partial charge >= 0.3 is 0 Å². The van der Waals surface area contributed by atoms with Gasteiger partial charge in [-0.3, -0.25) is 0 Å². The van der Waals surface area contributed by atoms with E-state index in [1.807, 2.05) is 12.4 Å². The van der Waals surface area contributed by atoms with Crippen LogP contribution >= 0.6 is 0 Å². The molecule has 12 aromatic rings. The van der Waals surface area contributed by atoms with E-state index in [0.717, 1.165) is 33.2 Å². The summed E-state index contributed by atoms with van der Waals surface area (Å²) in [5.41, 5.74) is 8.13. The fourth-order valence-electron chi connectivity index (χ4n) is 9.13. The Balaban J connectivity index is 1.01. The molecule has 0 saturated carbocycles. The van der Waals surface area contributed by atoms with E-state index >= 15 is 0 Å². The van der Waals surface area contributed by atoms with E-state index in [9.17, 15) is 0 Å². The molecule has 0 aliphatic carbocycles. The molecule has 0 saturated heterocycles. The third-order valence-electron chi connectivity index (χ3n) is 11.7. The van der Waals surface area contributed by atoms with Crippen LogP contribution in [0.1, 0.15) is 0 Å². The highest BCUT2D eigenvalue weighted by molar-refractivity contribution is 6.26. The molecule has 3 heteroatoms. The van der Waals surface area contributed by atoms with E-state index in [-0.39, 0.29) is 0 Å². The van der Waals surface area contributed by atoms with Gasteiger partial charge < -0.3 is 4.57 Å². The molecule has 12 rings (SSSR count). The monoisotopic (exact) mass is 697 g/mol. The maximum Gasteiger partial charge on any atom is 0.0581 e. The van der Waals surface area contributed by atoms with Gasteiger partial charge in [0.05, 0.1) is 23.4 Å². The predicted octanol–water partition coefficient (Wildman–Crippen LogP) is 13.8. The van der Waals surface area contributed by atoms with Crippen LogP contribution in [0.15, 0.2) is 188 Å². The molecule has 0 aliphatic rings. The van der Waals surface area contributed by atoms with Gasteiger partial charge in [0.15, 0.2) is 0 Å². The van der Waals surface area contributed by atoms with E-state index in [2.05, 4.69) is 191 Å². The minimum atomic E-state index is 1.08. The van der Waals surface area contributed by atoms with Crippen molar-refractivity contribution in [3.8, 4) is 27.9 Å². The molecule has 0 atom stereocenters. The quantitative estimate of drug-likeness (QED) is 0.172. The minimum absolute atomic E-state index is 1.08. The molecule has 2 heterocycles. The summed E-state index contributed by atoms with van der Waals surface area (Å²) >= 11 is 0. The molecule has 0 aliphatic heterocycles. The number of aromatic nitrogens is 3. The molecule has 0 N–H and O–H groups in total. The van der Waals surface area contributed by atoms with Gasteiger partial charge in [0.25, 0.3) is 0 Å². The highest BCUT2D eigenvalue weighted by Gasteiger charge is 2.17. The molecule has 0 unspecified atom stereocenters. The Morgan fingerprint density at radius 3 is 1.24 bits per heavy atom. The summed E-state index contributed by atoms with van der Waals surface area (Å²) in [6, 6.07) is 64.6. The summed E-state index contributed by atoms with van der Waals surface area (Å²) < 4.78 is 2.42. The van der Waals surface area contributed by atoms with Crippen LogP contribution in [0.3, 0.4) is 0 Å². The van der Waals surface area contributed by atoms with Crippen LogP contribution in [-0.2, 0) is 0 Å². The van der Waals surface area contributed by atoms with Crippen molar-refractivity contribution >= 4 is 86.4 Å². The fourth-order valence-corrected chi connectivity index (χ4v) is 9.13. The molecule has 10 aromatic carbocycles. The second-order valence-electron chi connectivity index (χ2n) is 14.6. The topological polar surface area (TPSA) is 30.7 Å².